The van der Waals surface area contributed by atoms with Crippen LogP contribution in [-0.4, -0.2) is 123 Å². The average Bonchev–Trinajstić information content (AvgIpc) is 3.92. The summed E-state index contributed by atoms with van der Waals surface area (Å²) in [5.74, 6) is -6.93. The number of amides is 7. The molecule has 5 rings (SSSR count). The quantitative estimate of drug-likeness (QED) is 0.0228. The Labute approximate surface area is 488 Å². The van der Waals surface area contributed by atoms with Gasteiger partial charge in [0.05, 0.1) is 16.0 Å². The lowest BCUT2D eigenvalue weighted by Crippen LogP contribution is -2.60. The predicted octanol–water partition coefficient (Wildman–Crippen LogP) is 7.45. The van der Waals surface area contributed by atoms with Crippen molar-refractivity contribution < 1.29 is 48.0 Å². The second kappa shape index (κ2) is 28.8. The van der Waals surface area contributed by atoms with E-state index in [1.54, 1.807) is 37.3 Å². The molecule has 82 heavy (non-hydrogen) atoms. The van der Waals surface area contributed by atoms with Gasteiger partial charge in [0.25, 0.3) is 0 Å². The van der Waals surface area contributed by atoms with Crippen LogP contribution in [0.25, 0.3) is 10.9 Å². The number of carbonyl (C=O) groups excluding carboxylic acids is 8. The summed E-state index contributed by atoms with van der Waals surface area (Å²) in [6, 6.07) is 8.28. The summed E-state index contributed by atoms with van der Waals surface area (Å²) in [6.07, 6.45) is 6.93. The van der Waals surface area contributed by atoms with Crippen LogP contribution in [-0.2, 0) is 51.9 Å². The van der Waals surface area contributed by atoms with E-state index in [-0.39, 0.29) is 66.7 Å². The number of fused-ring (bicyclic) bond motifs is 1. The number of nitro groups is 1. The molecule has 7 atom stereocenters. The molecule has 20 nitrogen and oxygen atoms in total. The van der Waals surface area contributed by atoms with Crippen LogP contribution in [0.3, 0.4) is 0 Å². The third-order valence-corrected chi connectivity index (χ3v) is 15.0. The first-order valence-corrected chi connectivity index (χ1v) is 28.5. The number of nitrogens with one attached hydrogen (secondary N) is 5. The highest BCUT2D eigenvalue weighted by Crippen LogP contribution is 2.32. The Hall–Kier alpha value is -7.68. The summed E-state index contributed by atoms with van der Waals surface area (Å²) >= 11 is 3.31. The van der Waals surface area contributed by atoms with Crippen LogP contribution in [0.2, 0.25) is 0 Å². The zero-order valence-electron chi connectivity index (χ0n) is 49.0. The van der Waals surface area contributed by atoms with E-state index in [1.807, 2.05) is 90.4 Å². The molecule has 1 saturated heterocycles. The maximum absolute atomic E-state index is 15.4. The Morgan fingerprint density at radius 3 is 1.83 bits per heavy atom. The van der Waals surface area contributed by atoms with Crippen LogP contribution >= 0.6 is 15.9 Å². The number of rotatable bonds is 17. The van der Waals surface area contributed by atoms with E-state index in [4.69, 9.17) is 4.74 Å². The average molecular weight is 1200 g/mol. The first-order valence-electron chi connectivity index (χ1n) is 27.7. The molecule has 0 saturated carbocycles. The summed E-state index contributed by atoms with van der Waals surface area (Å²) in [4.78, 5) is 131. The number of para-hydroxylation sites is 1. The van der Waals surface area contributed by atoms with Gasteiger partial charge in [0.1, 0.15) is 42.3 Å². The van der Waals surface area contributed by atoms with Gasteiger partial charge in [-0.3, -0.25) is 43.7 Å². The first-order chi connectivity index (χ1) is 38.6. The third kappa shape index (κ3) is 16.9. The standard InChI is InChI=1S/C61H80BrN9O11/c1-14-16-20-44-53(72)67-47(33-41-34-70(61(10,11)15-2)48-21-18-17-19-43(41)48)59(78)69(13)51(30-37(7)8)57(76)66-46(31-39-22-27-52(49(32-39)71(80)81)82-60(79)40-23-25-42(62)26-24-40)54(73)63-38(9)58(77)68(12)50(29-36(5)6)56(75)65-45(28-35(3)4)55(74)64-44/h14-19,21-27,32,34-38,44-47,50-51H,2,20,28-31,33H2,1,3-13H3,(H,63,73)(H,64,74)(H,65,75)(H,66,76)(H,67,72)/b16-14+/t38-,44-,45-,46-,47-,50-,51-/m0/s1. The van der Waals surface area contributed by atoms with Crippen molar-refractivity contribution in [1.82, 2.24) is 41.0 Å². The Balaban J connectivity index is 1.68. The van der Waals surface area contributed by atoms with Crippen LogP contribution in [0.1, 0.15) is 116 Å². The number of nitrogens with zero attached hydrogens (tertiary/aromatic N) is 4. The van der Waals surface area contributed by atoms with Crippen LogP contribution in [0.4, 0.5) is 5.69 Å². The maximum atomic E-state index is 15.4. The van der Waals surface area contributed by atoms with Gasteiger partial charge in [0.2, 0.25) is 47.1 Å². The summed E-state index contributed by atoms with van der Waals surface area (Å²) in [5.41, 5.74) is 0.545. The van der Waals surface area contributed by atoms with Crippen molar-refractivity contribution in [3.8, 4) is 5.75 Å². The van der Waals surface area contributed by atoms with Gasteiger partial charge >= 0.3 is 11.7 Å². The van der Waals surface area contributed by atoms with Crippen molar-refractivity contribution in [3.63, 3.8) is 0 Å². The molecule has 0 bridgehead atoms. The fourth-order valence-electron chi connectivity index (χ4n) is 9.81. The van der Waals surface area contributed by atoms with E-state index < -0.39 is 112 Å². The van der Waals surface area contributed by atoms with Crippen LogP contribution in [0.15, 0.2) is 102 Å². The maximum Gasteiger partial charge on any atom is 0.343 e. The molecular weight excluding hydrogens is 1110 g/mol. The van der Waals surface area contributed by atoms with Crippen molar-refractivity contribution in [2.75, 3.05) is 14.1 Å². The van der Waals surface area contributed by atoms with Gasteiger partial charge < -0.3 is 45.7 Å². The molecule has 0 radical (unpaired) electrons. The SMILES string of the molecule is C=CC(C)(C)n1cc(C[C@@H]2NC(=O)[C@H](C/C=C/C)NC(=O)[C@H](CC(C)C)NC(=O)[C@H](CC(C)C)N(C)C(=O)[C@H](C)NC(=O)[C@H](Cc3ccc(OC(=O)c4ccc(Br)cc4)c([N+](=O)[O-])c3)NC(=O)[C@H](CC(C)C)N(C)C2=O)c2ccccc21. The number of esters is 1. The number of ether oxygens (including phenoxy) is 1. The molecule has 442 valence electrons. The summed E-state index contributed by atoms with van der Waals surface area (Å²) in [5, 5.41) is 27.5. The van der Waals surface area contributed by atoms with Crippen molar-refractivity contribution in [2.45, 2.75) is 156 Å². The van der Waals surface area contributed by atoms with E-state index in [0.29, 0.717) is 10.0 Å². The Morgan fingerprint density at radius 2 is 1.26 bits per heavy atom. The van der Waals surface area contributed by atoms with E-state index >= 15 is 9.59 Å². The zero-order chi connectivity index (χ0) is 60.9. The number of nitro benzene ring substituents is 1. The fourth-order valence-corrected chi connectivity index (χ4v) is 10.1. The molecule has 1 aromatic heterocycles. The van der Waals surface area contributed by atoms with E-state index in [2.05, 4.69) is 49.1 Å². The molecule has 5 N–H and O–H groups in total. The van der Waals surface area contributed by atoms with Crippen molar-refractivity contribution in [3.05, 3.63) is 129 Å². The number of benzene rings is 3. The minimum absolute atomic E-state index is 0.00503. The van der Waals surface area contributed by atoms with Crippen molar-refractivity contribution in [2.24, 2.45) is 17.8 Å². The molecular formula is C61H80BrN9O11. The van der Waals surface area contributed by atoms with Gasteiger partial charge in [-0.25, -0.2) is 4.79 Å². The van der Waals surface area contributed by atoms with Crippen LogP contribution in [0.5, 0.6) is 5.75 Å². The van der Waals surface area contributed by atoms with Gasteiger partial charge in [0.15, 0.2) is 0 Å². The lowest BCUT2D eigenvalue weighted by molar-refractivity contribution is -0.385. The molecule has 1 fully saturated rings. The van der Waals surface area contributed by atoms with Crippen LogP contribution < -0.4 is 31.3 Å². The topological polar surface area (TPSA) is 260 Å². The Kier molecular flexibility index (Phi) is 22.9. The fraction of sp³-hybridized carbons (Fsp3) is 0.475. The second-order valence-corrected chi connectivity index (χ2v) is 23.8. The number of likely N-dealkylation sites (N-methyl/N-ethyl adjacent to an activating group) is 2. The molecule has 0 unspecified atom stereocenters. The second-order valence-electron chi connectivity index (χ2n) is 22.9. The molecule has 1 aliphatic rings. The zero-order valence-corrected chi connectivity index (χ0v) is 50.6. The lowest BCUT2D eigenvalue weighted by Gasteiger charge is -2.33. The van der Waals surface area contributed by atoms with Crippen molar-refractivity contribution in [1.29, 1.82) is 0 Å². The minimum Gasteiger partial charge on any atom is -0.416 e. The highest BCUT2D eigenvalue weighted by Gasteiger charge is 2.39. The Bertz CT molecular complexity index is 3040. The third-order valence-electron chi connectivity index (χ3n) is 14.5. The number of carbonyl (C=O) groups is 8. The number of hydrogen-bond acceptors (Lipinski definition) is 11. The number of halogens is 1. The molecule has 21 heteroatoms. The highest BCUT2D eigenvalue weighted by molar-refractivity contribution is 9.10. The first kappa shape index (κ1) is 65.1. The van der Waals surface area contributed by atoms with Crippen LogP contribution in [0, 0.1) is 27.9 Å². The minimum atomic E-state index is -1.57. The molecule has 1 aliphatic heterocycles. The normalized spacial score (nSPS) is 21.5. The predicted molar refractivity (Wildman–Crippen MR) is 317 cm³/mol. The molecule has 3 aromatic carbocycles. The summed E-state index contributed by atoms with van der Waals surface area (Å²) < 4.78 is 8.18. The summed E-state index contributed by atoms with van der Waals surface area (Å²) in [7, 11) is 2.83. The molecule has 0 spiro atoms. The lowest BCUT2D eigenvalue weighted by atomic mass is 9.98. The number of allylic oxidation sites excluding steroid dienone is 2. The van der Waals surface area contributed by atoms with Gasteiger partial charge in [-0.1, -0.05) is 100.0 Å². The van der Waals surface area contributed by atoms with E-state index in [1.165, 1.54) is 55.1 Å². The van der Waals surface area contributed by atoms with Gasteiger partial charge in [0, 0.05) is 54.6 Å². The largest absolute Gasteiger partial charge is 0.416 e. The smallest absolute Gasteiger partial charge is 0.343 e. The van der Waals surface area contributed by atoms with Gasteiger partial charge in [-0.2, -0.15) is 0 Å². The molecule has 0 aliphatic carbocycles. The summed E-state index contributed by atoms with van der Waals surface area (Å²) in [6.45, 7) is 22.3. The van der Waals surface area contributed by atoms with E-state index in [0.717, 1.165) is 17.0 Å². The molecule has 7 amide bonds. The molecule has 2 heterocycles. The monoisotopic (exact) mass is 1190 g/mol. The highest BCUT2D eigenvalue weighted by atomic mass is 79.9. The molecule has 4 aromatic rings. The van der Waals surface area contributed by atoms with Gasteiger partial charge in [-0.05, 0) is 119 Å². The number of aromatic nitrogens is 1. The van der Waals surface area contributed by atoms with E-state index in [9.17, 15) is 38.9 Å². The van der Waals surface area contributed by atoms with Crippen molar-refractivity contribution >= 4 is 79.8 Å². The number of hydrogen-bond donors (Lipinski definition) is 5. The Morgan fingerprint density at radius 1 is 0.720 bits per heavy atom. The van der Waals surface area contributed by atoms with Gasteiger partial charge in [-0.15, -0.1) is 6.58 Å².